The van der Waals surface area contributed by atoms with E-state index in [0.29, 0.717) is 17.8 Å². The standard InChI is InChI=1S/C23H29N5O4S/c29-22-9-6-10-23(30)28(22)15-16-33(31,32)26-19-8-5-7-18(17-19)20-11-12-21(25-24-20)27-13-3-1-2-4-14-27/h5,7-8,11-12,17,26H,1-4,6,9-10,13-16H2. The predicted molar refractivity (Wildman–Crippen MR) is 126 cm³/mol. The van der Waals surface area contributed by atoms with E-state index in [1.807, 2.05) is 18.2 Å². The predicted octanol–water partition coefficient (Wildman–Crippen LogP) is 2.80. The molecule has 0 unspecified atom stereocenters. The van der Waals surface area contributed by atoms with Crippen LogP contribution >= 0.6 is 0 Å². The second-order valence-corrected chi connectivity index (χ2v) is 10.3. The Morgan fingerprint density at radius 3 is 2.27 bits per heavy atom. The Bertz CT molecular complexity index is 1080. The van der Waals surface area contributed by atoms with Crippen LogP contribution in [0.5, 0.6) is 0 Å². The summed E-state index contributed by atoms with van der Waals surface area (Å²) in [6, 6.07) is 10.8. The maximum atomic E-state index is 12.6. The molecule has 0 atom stereocenters. The van der Waals surface area contributed by atoms with Gasteiger partial charge in [-0.1, -0.05) is 25.0 Å². The Hall–Kier alpha value is -3.01. The average molecular weight is 472 g/mol. The normalized spacial score (nSPS) is 17.7. The van der Waals surface area contributed by atoms with Crippen LogP contribution in [0.25, 0.3) is 11.3 Å². The minimum absolute atomic E-state index is 0.143. The SMILES string of the molecule is O=C1CCCC(=O)N1CCS(=O)(=O)Nc1cccc(-c2ccc(N3CCCCCC3)nn2)c1. The first-order valence-corrected chi connectivity index (χ1v) is 13.1. The number of nitrogens with zero attached hydrogens (tertiary/aromatic N) is 4. The zero-order chi connectivity index (χ0) is 23.3. The molecule has 0 bridgehead atoms. The summed E-state index contributed by atoms with van der Waals surface area (Å²) < 4.78 is 27.6. The zero-order valence-electron chi connectivity index (χ0n) is 18.6. The fourth-order valence-corrected chi connectivity index (χ4v) is 5.19. The molecule has 0 aliphatic carbocycles. The van der Waals surface area contributed by atoms with Crippen molar-refractivity contribution in [1.29, 1.82) is 0 Å². The smallest absolute Gasteiger partial charge is 0.234 e. The van der Waals surface area contributed by atoms with E-state index in [2.05, 4.69) is 19.8 Å². The molecule has 10 heteroatoms. The van der Waals surface area contributed by atoms with Gasteiger partial charge >= 0.3 is 0 Å². The minimum atomic E-state index is -3.74. The summed E-state index contributed by atoms with van der Waals surface area (Å²) >= 11 is 0. The van der Waals surface area contributed by atoms with E-state index in [1.165, 1.54) is 12.8 Å². The van der Waals surface area contributed by atoms with E-state index in [-0.39, 0.29) is 37.0 Å². The number of benzene rings is 1. The summed E-state index contributed by atoms with van der Waals surface area (Å²) in [7, 11) is -3.74. The number of hydrogen-bond donors (Lipinski definition) is 1. The highest BCUT2D eigenvalue weighted by atomic mass is 32.2. The van der Waals surface area contributed by atoms with E-state index < -0.39 is 10.0 Å². The van der Waals surface area contributed by atoms with Gasteiger partial charge in [0, 0.05) is 43.7 Å². The summed E-state index contributed by atoms with van der Waals surface area (Å²) in [6.45, 7) is 1.83. The number of amides is 2. The fourth-order valence-electron chi connectivity index (χ4n) is 4.18. The van der Waals surface area contributed by atoms with Gasteiger partial charge in [-0.15, -0.1) is 10.2 Å². The first-order valence-electron chi connectivity index (χ1n) is 11.4. The zero-order valence-corrected chi connectivity index (χ0v) is 19.4. The number of hydrogen-bond acceptors (Lipinski definition) is 7. The largest absolute Gasteiger partial charge is 0.355 e. The maximum Gasteiger partial charge on any atom is 0.234 e. The summed E-state index contributed by atoms with van der Waals surface area (Å²) in [5, 5.41) is 8.74. The van der Waals surface area contributed by atoms with Crippen molar-refractivity contribution in [3.8, 4) is 11.3 Å². The molecule has 2 amide bonds. The second-order valence-electron chi connectivity index (χ2n) is 8.47. The van der Waals surface area contributed by atoms with Crippen LogP contribution in [-0.2, 0) is 19.6 Å². The Labute approximate surface area is 194 Å². The topological polar surface area (TPSA) is 113 Å². The van der Waals surface area contributed by atoms with Crippen molar-refractivity contribution in [3.05, 3.63) is 36.4 Å². The van der Waals surface area contributed by atoms with Gasteiger partial charge in [-0.05, 0) is 43.5 Å². The Morgan fingerprint density at radius 1 is 0.879 bits per heavy atom. The fraction of sp³-hybridized carbons (Fsp3) is 0.478. The van der Waals surface area contributed by atoms with E-state index in [4.69, 9.17) is 0 Å². The molecule has 9 nitrogen and oxygen atoms in total. The van der Waals surface area contributed by atoms with Crippen molar-refractivity contribution in [2.24, 2.45) is 0 Å². The number of aromatic nitrogens is 2. The van der Waals surface area contributed by atoms with Crippen molar-refractivity contribution < 1.29 is 18.0 Å². The third kappa shape index (κ3) is 6.07. The number of rotatable bonds is 7. The van der Waals surface area contributed by atoms with Crippen LogP contribution in [0, 0.1) is 0 Å². The summed E-state index contributed by atoms with van der Waals surface area (Å²) in [5.41, 5.74) is 1.79. The number of carbonyl (C=O) groups is 2. The van der Waals surface area contributed by atoms with Gasteiger partial charge in [0.1, 0.15) is 0 Å². The van der Waals surface area contributed by atoms with Crippen molar-refractivity contribution in [3.63, 3.8) is 0 Å². The van der Waals surface area contributed by atoms with Gasteiger partial charge in [-0.3, -0.25) is 19.2 Å². The number of carbonyl (C=O) groups excluding carboxylic acids is 2. The lowest BCUT2D eigenvalue weighted by Gasteiger charge is -2.24. The molecule has 2 aromatic rings. The molecule has 2 saturated heterocycles. The van der Waals surface area contributed by atoms with Crippen molar-refractivity contribution in [2.75, 3.05) is 35.0 Å². The molecule has 0 radical (unpaired) electrons. The van der Waals surface area contributed by atoms with E-state index >= 15 is 0 Å². The van der Waals surface area contributed by atoms with Crippen LogP contribution < -0.4 is 9.62 Å². The number of likely N-dealkylation sites (tertiary alicyclic amines) is 1. The molecule has 0 spiro atoms. The quantitative estimate of drug-likeness (QED) is 0.618. The van der Waals surface area contributed by atoms with Gasteiger partial charge in [0.25, 0.3) is 0 Å². The van der Waals surface area contributed by atoms with Gasteiger partial charge in [0.2, 0.25) is 21.8 Å². The third-order valence-electron chi connectivity index (χ3n) is 5.98. The highest BCUT2D eigenvalue weighted by Crippen LogP contribution is 2.24. The number of nitrogens with one attached hydrogen (secondary N) is 1. The molecule has 1 N–H and O–H groups in total. The molecule has 4 rings (SSSR count). The molecule has 3 heterocycles. The van der Waals surface area contributed by atoms with Crippen molar-refractivity contribution in [1.82, 2.24) is 15.1 Å². The molecular weight excluding hydrogens is 442 g/mol. The number of sulfonamides is 1. The van der Waals surface area contributed by atoms with E-state index in [0.717, 1.165) is 42.2 Å². The molecule has 33 heavy (non-hydrogen) atoms. The van der Waals surface area contributed by atoms with Crippen LogP contribution in [-0.4, -0.2) is 60.7 Å². The number of imide groups is 1. The number of anilines is 2. The molecule has 0 saturated carbocycles. The van der Waals surface area contributed by atoms with Gasteiger partial charge < -0.3 is 4.90 Å². The summed E-state index contributed by atoms with van der Waals surface area (Å²) in [4.78, 5) is 27.1. The first-order chi connectivity index (χ1) is 15.9. The lowest BCUT2D eigenvalue weighted by Crippen LogP contribution is -2.43. The molecule has 1 aromatic heterocycles. The van der Waals surface area contributed by atoms with Gasteiger partial charge in [-0.25, -0.2) is 8.42 Å². The van der Waals surface area contributed by atoms with Crippen molar-refractivity contribution >= 4 is 33.3 Å². The minimum Gasteiger partial charge on any atom is -0.355 e. The van der Waals surface area contributed by atoms with Crippen LogP contribution in [0.1, 0.15) is 44.9 Å². The summed E-state index contributed by atoms with van der Waals surface area (Å²) in [5.74, 6) is -0.116. The molecule has 2 aliphatic heterocycles. The second kappa shape index (κ2) is 10.3. The molecule has 1 aromatic carbocycles. The molecule has 176 valence electrons. The highest BCUT2D eigenvalue weighted by Gasteiger charge is 2.27. The monoisotopic (exact) mass is 471 g/mol. The van der Waals surface area contributed by atoms with Gasteiger partial charge in [0.15, 0.2) is 5.82 Å². The number of piperidine rings is 1. The first kappa shape index (κ1) is 23.2. The van der Waals surface area contributed by atoms with Gasteiger partial charge in [-0.2, -0.15) is 0 Å². The molecule has 2 fully saturated rings. The van der Waals surface area contributed by atoms with Crippen molar-refractivity contribution in [2.45, 2.75) is 44.9 Å². The van der Waals surface area contributed by atoms with E-state index in [1.54, 1.807) is 18.2 Å². The van der Waals surface area contributed by atoms with Crippen LogP contribution in [0.2, 0.25) is 0 Å². The maximum absolute atomic E-state index is 12.6. The van der Waals surface area contributed by atoms with Crippen LogP contribution in [0.4, 0.5) is 11.5 Å². The lowest BCUT2D eigenvalue weighted by molar-refractivity contribution is -0.147. The van der Waals surface area contributed by atoms with Gasteiger partial charge in [0.05, 0.1) is 11.4 Å². The molecule has 2 aliphatic rings. The lowest BCUT2D eigenvalue weighted by atomic mass is 10.1. The van der Waals surface area contributed by atoms with E-state index in [9.17, 15) is 18.0 Å². The Balaban J connectivity index is 1.41. The van der Waals surface area contributed by atoms with Crippen LogP contribution in [0.15, 0.2) is 36.4 Å². The Kier molecular flexibility index (Phi) is 7.22. The Morgan fingerprint density at radius 2 is 1.61 bits per heavy atom. The highest BCUT2D eigenvalue weighted by molar-refractivity contribution is 7.92. The summed E-state index contributed by atoms with van der Waals surface area (Å²) in [6.07, 6.45) is 5.88. The average Bonchev–Trinajstić information content (AvgIpc) is 3.08. The van der Waals surface area contributed by atoms with Crippen LogP contribution in [0.3, 0.4) is 0 Å². The molecular formula is C23H29N5O4S. The third-order valence-corrected chi connectivity index (χ3v) is 7.25.